The van der Waals surface area contributed by atoms with Crippen LogP contribution in [0, 0.1) is 6.92 Å². The molecule has 0 aromatic carbocycles. The maximum atomic E-state index is 10.8. The van der Waals surface area contributed by atoms with E-state index in [4.69, 9.17) is 10.8 Å². The van der Waals surface area contributed by atoms with Gasteiger partial charge in [-0.1, -0.05) is 0 Å². The molecule has 2 rings (SSSR count). The van der Waals surface area contributed by atoms with E-state index in [1.165, 1.54) is 4.90 Å². The fourth-order valence-corrected chi connectivity index (χ4v) is 1.86. The molecule has 0 spiro atoms. The first-order valence-electron chi connectivity index (χ1n) is 5.54. The highest BCUT2D eigenvalue weighted by atomic mass is 16.4. The van der Waals surface area contributed by atoms with E-state index in [0.29, 0.717) is 31.9 Å². The number of hydrogen-bond donors (Lipinski definition) is 2. The standard InChI is InChI=1S/C11H16N4O2/c1-8-9(12)2-3-10(13-8)14-4-6-15(7-5-14)11(16)17/h2-3H,4-7,12H2,1H3,(H,16,17). The molecule has 1 aliphatic heterocycles. The second kappa shape index (κ2) is 4.48. The Morgan fingerprint density at radius 2 is 2.00 bits per heavy atom. The fourth-order valence-electron chi connectivity index (χ4n) is 1.86. The minimum Gasteiger partial charge on any atom is -0.465 e. The third-order valence-electron chi connectivity index (χ3n) is 2.99. The summed E-state index contributed by atoms with van der Waals surface area (Å²) in [7, 11) is 0. The number of piperazine rings is 1. The first-order valence-corrected chi connectivity index (χ1v) is 5.54. The topological polar surface area (TPSA) is 82.7 Å². The number of carboxylic acid groups (broad SMARTS) is 1. The van der Waals surface area contributed by atoms with Gasteiger partial charge in [-0.25, -0.2) is 9.78 Å². The molecule has 1 aromatic rings. The zero-order chi connectivity index (χ0) is 12.4. The van der Waals surface area contributed by atoms with Crippen LogP contribution in [0.3, 0.4) is 0 Å². The van der Waals surface area contributed by atoms with Crippen molar-refractivity contribution in [3.8, 4) is 0 Å². The largest absolute Gasteiger partial charge is 0.465 e. The molecule has 0 unspecified atom stereocenters. The Labute approximate surface area is 99.7 Å². The molecule has 1 aromatic heterocycles. The lowest BCUT2D eigenvalue weighted by Gasteiger charge is -2.34. The summed E-state index contributed by atoms with van der Waals surface area (Å²) in [5.74, 6) is 0.863. The van der Waals surface area contributed by atoms with E-state index in [2.05, 4.69) is 9.88 Å². The van der Waals surface area contributed by atoms with E-state index in [-0.39, 0.29) is 0 Å². The minimum atomic E-state index is -0.855. The number of pyridine rings is 1. The van der Waals surface area contributed by atoms with Gasteiger partial charge < -0.3 is 20.6 Å². The van der Waals surface area contributed by atoms with E-state index in [1.54, 1.807) is 0 Å². The van der Waals surface area contributed by atoms with Crippen molar-refractivity contribution in [2.24, 2.45) is 0 Å². The number of nitrogen functional groups attached to an aromatic ring is 1. The van der Waals surface area contributed by atoms with Gasteiger partial charge in [-0.2, -0.15) is 0 Å². The van der Waals surface area contributed by atoms with E-state index in [9.17, 15) is 4.79 Å². The van der Waals surface area contributed by atoms with Crippen LogP contribution >= 0.6 is 0 Å². The Hall–Kier alpha value is -1.98. The smallest absolute Gasteiger partial charge is 0.407 e. The summed E-state index contributed by atoms with van der Waals surface area (Å²) in [6.07, 6.45) is -0.855. The van der Waals surface area contributed by atoms with Gasteiger partial charge in [0.1, 0.15) is 5.82 Å². The van der Waals surface area contributed by atoms with Crippen LogP contribution in [0.1, 0.15) is 5.69 Å². The number of amides is 1. The van der Waals surface area contributed by atoms with Crippen molar-refractivity contribution >= 4 is 17.6 Å². The summed E-state index contributed by atoms with van der Waals surface area (Å²) in [6.45, 7) is 4.23. The number of nitrogens with zero attached hydrogens (tertiary/aromatic N) is 3. The Morgan fingerprint density at radius 3 is 2.53 bits per heavy atom. The monoisotopic (exact) mass is 236 g/mol. The molecule has 92 valence electrons. The first-order chi connectivity index (χ1) is 8.08. The molecule has 1 saturated heterocycles. The van der Waals surface area contributed by atoms with Crippen LogP contribution in [-0.4, -0.2) is 47.3 Å². The summed E-state index contributed by atoms with van der Waals surface area (Å²) < 4.78 is 0. The molecule has 0 atom stereocenters. The van der Waals surface area contributed by atoms with Crippen LogP contribution < -0.4 is 10.6 Å². The lowest BCUT2D eigenvalue weighted by atomic mass is 10.3. The molecule has 17 heavy (non-hydrogen) atoms. The Balaban J connectivity index is 2.05. The van der Waals surface area contributed by atoms with Crippen molar-refractivity contribution < 1.29 is 9.90 Å². The second-order valence-corrected chi connectivity index (χ2v) is 4.10. The zero-order valence-electron chi connectivity index (χ0n) is 9.76. The summed E-state index contributed by atoms with van der Waals surface area (Å²) in [6, 6.07) is 3.71. The van der Waals surface area contributed by atoms with Gasteiger partial charge >= 0.3 is 6.09 Å². The third-order valence-corrected chi connectivity index (χ3v) is 2.99. The first kappa shape index (κ1) is 11.5. The average Bonchev–Trinajstić information content (AvgIpc) is 2.33. The van der Waals surface area contributed by atoms with Crippen LogP contribution in [-0.2, 0) is 0 Å². The zero-order valence-corrected chi connectivity index (χ0v) is 9.76. The van der Waals surface area contributed by atoms with Gasteiger partial charge in [0.25, 0.3) is 0 Å². The SMILES string of the molecule is Cc1nc(N2CCN(C(=O)O)CC2)ccc1N. The van der Waals surface area contributed by atoms with Crippen molar-refractivity contribution in [1.82, 2.24) is 9.88 Å². The molecule has 0 bridgehead atoms. The van der Waals surface area contributed by atoms with Crippen molar-refractivity contribution in [3.05, 3.63) is 17.8 Å². The molecular weight excluding hydrogens is 220 g/mol. The summed E-state index contributed by atoms with van der Waals surface area (Å²) in [4.78, 5) is 18.7. The van der Waals surface area contributed by atoms with Gasteiger partial charge in [0.05, 0.1) is 11.4 Å². The Kier molecular flexibility index (Phi) is 3.03. The highest BCUT2D eigenvalue weighted by molar-refractivity contribution is 5.65. The quantitative estimate of drug-likeness (QED) is 0.752. The summed E-state index contributed by atoms with van der Waals surface area (Å²) in [5.41, 5.74) is 7.20. The number of hydrogen-bond acceptors (Lipinski definition) is 4. The highest BCUT2D eigenvalue weighted by Crippen LogP contribution is 2.17. The molecule has 1 aliphatic rings. The van der Waals surface area contributed by atoms with Gasteiger partial charge in [0, 0.05) is 26.2 Å². The molecule has 2 heterocycles. The van der Waals surface area contributed by atoms with Crippen LogP contribution in [0.4, 0.5) is 16.3 Å². The average molecular weight is 236 g/mol. The Bertz CT molecular complexity index is 427. The molecule has 1 fully saturated rings. The fraction of sp³-hybridized carbons (Fsp3) is 0.455. The molecule has 1 amide bonds. The highest BCUT2D eigenvalue weighted by Gasteiger charge is 2.21. The van der Waals surface area contributed by atoms with Gasteiger partial charge in [-0.05, 0) is 19.1 Å². The van der Waals surface area contributed by atoms with Crippen LogP contribution in [0.15, 0.2) is 12.1 Å². The molecule has 0 aliphatic carbocycles. The van der Waals surface area contributed by atoms with E-state index < -0.39 is 6.09 Å². The van der Waals surface area contributed by atoms with E-state index in [0.717, 1.165) is 11.5 Å². The predicted molar refractivity (Wildman–Crippen MR) is 65.2 cm³/mol. The molecule has 6 nitrogen and oxygen atoms in total. The van der Waals surface area contributed by atoms with Crippen molar-refractivity contribution in [2.45, 2.75) is 6.92 Å². The van der Waals surface area contributed by atoms with Crippen molar-refractivity contribution in [1.29, 1.82) is 0 Å². The summed E-state index contributed by atoms with van der Waals surface area (Å²) >= 11 is 0. The number of rotatable bonds is 1. The van der Waals surface area contributed by atoms with Crippen molar-refractivity contribution in [2.75, 3.05) is 36.8 Å². The maximum absolute atomic E-state index is 10.8. The van der Waals surface area contributed by atoms with Gasteiger partial charge in [-0.3, -0.25) is 0 Å². The lowest BCUT2D eigenvalue weighted by Crippen LogP contribution is -2.48. The van der Waals surface area contributed by atoms with E-state index >= 15 is 0 Å². The number of nitrogens with two attached hydrogens (primary N) is 1. The second-order valence-electron chi connectivity index (χ2n) is 4.10. The Morgan fingerprint density at radius 1 is 1.35 bits per heavy atom. The number of carbonyl (C=O) groups is 1. The van der Waals surface area contributed by atoms with Gasteiger partial charge in [-0.15, -0.1) is 0 Å². The van der Waals surface area contributed by atoms with Crippen molar-refractivity contribution in [3.63, 3.8) is 0 Å². The van der Waals surface area contributed by atoms with Gasteiger partial charge in [0.15, 0.2) is 0 Å². The molecule has 3 N–H and O–H groups in total. The van der Waals surface area contributed by atoms with Crippen LogP contribution in [0.25, 0.3) is 0 Å². The van der Waals surface area contributed by atoms with Gasteiger partial charge in [0.2, 0.25) is 0 Å². The molecular formula is C11H16N4O2. The predicted octanol–water partition coefficient (Wildman–Crippen LogP) is 0.772. The minimum absolute atomic E-state index is 0.514. The number of anilines is 2. The maximum Gasteiger partial charge on any atom is 0.407 e. The molecule has 0 radical (unpaired) electrons. The normalized spacial score (nSPS) is 16.1. The number of aryl methyl sites for hydroxylation is 1. The van der Waals surface area contributed by atoms with Crippen LogP contribution in [0.5, 0.6) is 0 Å². The van der Waals surface area contributed by atoms with E-state index in [1.807, 2.05) is 19.1 Å². The lowest BCUT2D eigenvalue weighted by molar-refractivity contribution is 0.142. The molecule has 0 saturated carbocycles. The number of aromatic nitrogens is 1. The van der Waals surface area contributed by atoms with Crippen LogP contribution in [0.2, 0.25) is 0 Å². The molecule has 6 heteroatoms. The third kappa shape index (κ3) is 2.41. The summed E-state index contributed by atoms with van der Waals surface area (Å²) in [5, 5.41) is 8.85.